The molecule has 1 amide bonds. The Morgan fingerprint density at radius 1 is 1.33 bits per heavy atom. The average molecular weight is 217 g/mol. The fourth-order valence-electron chi connectivity index (χ4n) is 1.02. The molecule has 1 unspecified atom stereocenters. The Labute approximate surface area is 90.1 Å². The summed E-state index contributed by atoms with van der Waals surface area (Å²) in [5.74, 6) is -0.553. The average Bonchev–Trinajstić information content (AvgIpc) is 2.14. The fourth-order valence-corrected chi connectivity index (χ4v) is 1.02. The van der Waals surface area contributed by atoms with E-state index in [1.54, 1.807) is 13.8 Å². The highest BCUT2D eigenvalue weighted by Gasteiger charge is 2.12. The third-order valence-corrected chi connectivity index (χ3v) is 1.60. The molecular formula is C10H19NO4. The zero-order chi connectivity index (χ0) is 11.7. The van der Waals surface area contributed by atoms with E-state index in [4.69, 9.17) is 9.47 Å². The van der Waals surface area contributed by atoms with Crippen molar-refractivity contribution < 1.29 is 19.1 Å². The number of amides is 1. The van der Waals surface area contributed by atoms with E-state index in [2.05, 4.69) is 5.32 Å². The second-order valence-electron chi connectivity index (χ2n) is 3.10. The van der Waals surface area contributed by atoms with Gasteiger partial charge >= 0.3 is 5.97 Å². The molecule has 5 heteroatoms. The van der Waals surface area contributed by atoms with Gasteiger partial charge in [-0.2, -0.15) is 0 Å². The molecule has 0 aliphatic heterocycles. The predicted octanol–water partition coefficient (Wildman–Crippen LogP) is 0.481. The molecule has 0 spiro atoms. The van der Waals surface area contributed by atoms with Gasteiger partial charge in [0.1, 0.15) is 12.7 Å². The van der Waals surface area contributed by atoms with E-state index in [1.807, 2.05) is 6.92 Å². The Morgan fingerprint density at radius 2 is 2.00 bits per heavy atom. The molecule has 0 aliphatic rings. The van der Waals surface area contributed by atoms with Gasteiger partial charge in [-0.1, -0.05) is 0 Å². The summed E-state index contributed by atoms with van der Waals surface area (Å²) in [6.07, 6.45) is -0.226. The van der Waals surface area contributed by atoms with Crippen molar-refractivity contribution in [3.8, 4) is 0 Å². The second kappa shape index (κ2) is 8.23. The van der Waals surface area contributed by atoms with Gasteiger partial charge in [-0.25, -0.2) is 4.79 Å². The van der Waals surface area contributed by atoms with E-state index in [0.29, 0.717) is 13.2 Å². The highest BCUT2D eigenvalue weighted by Crippen LogP contribution is 1.98. The van der Waals surface area contributed by atoms with Crippen molar-refractivity contribution in [3.05, 3.63) is 0 Å². The standard InChI is InChI=1S/C10H19NO4/c1-4-11-9(12)6-8(3)15-10(13)7-14-5-2/h8H,4-7H2,1-3H3,(H,11,12). The number of hydrogen-bond acceptors (Lipinski definition) is 4. The molecule has 0 rings (SSSR count). The maximum absolute atomic E-state index is 11.1. The van der Waals surface area contributed by atoms with E-state index in [9.17, 15) is 9.59 Å². The smallest absolute Gasteiger partial charge is 0.332 e. The normalized spacial score (nSPS) is 11.9. The van der Waals surface area contributed by atoms with Gasteiger partial charge in [-0.3, -0.25) is 4.79 Å². The summed E-state index contributed by atoms with van der Waals surface area (Å²) in [6.45, 7) is 6.31. The summed E-state index contributed by atoms with van der Waals surface area (Å²) in [7, 11) is 0. The van der Waals surface area contributed by atoms with E-state index >= 15 is 0 Å². The van der Waals surface area contributed by atoms with Gasteiger partial charge < -0.3 is 14.8 Å². The van der Waals surface area contributed by atoms with Gasteiger partial charge in [0.2, 0.25) is 5.91 Å². The molecule has 15 heavy (non-hydrogen) atoms. The third-order valence-electron chi connectivity index (χ3n) is 1.60. The molecule has 0 aromatic heterocycles. The Kier molecular flexibility index (Phi) is 7.62. The first-order valence-corrected chi connectivity index (χ1v) is 5.14. The molecular weight excluding hydrogens is 198 g/mol. The van der Waals surface area contributed by atoms with Crippen molar-refractivity contribution in [1.82, 2.24) is 5.32 Å². The highest BCUT2D eigenvalue weighted by molar-refractivity contribution is 5.77. The first-order chi connectivity index (χ1) is 7.10. The van der Waals surface area contributed by atoms with E-state index < -0.39 is 12.1 Å². The minimum Gasteiger partial charge on any atom is -0.460 e. The van der Waals surface area contributed by atoms with Crippen LogP contribution in [0.3, 0.4) is 0 Å². The van der Waals surface area contributed by atoms with Crippen LogP contribution in [-0.2, 0) is 19.1 Å². The Hall–Kier alpha value is -1.10. The Morgan fingerprint density at radius 3 is 2.53 bits per heavy atom. The molecule has 0 aliphatic carbocycles. The number of carbonyl (C=O) groups is 2. The molecule has 0 saturated carbocycles. The number of carbonyl (C=O) groups excluding carboxylic acids is 2. The van der Waals surface area contributed by atoms with Crippen molar-refractivity contribution in [2.45, 2.75) is 33.3 Å². The van der Waals surface area contributed by atoms with Crippen LogP contribution in [0.15, 0.2) is 0 Å². The fraction of sp³-hybridized carbons (Fsp3) is 0.800. The lowest BCUT2D eigenvalue weighted by Crippen LogP contribution is -2.29. The van der Waals surface area contributed by atoms with Crippen molar-refractivity contribution in [3.63, 3.8) is 0 Å². The van der Waals surface area contributed by atoms with Gasteiger partial charge in [0.25, 0.3) is 0 Å². The molecule has 0 heterocycles. The number of ether oxygens (including phenoxy) is 2. The van der Waals surface area contributed by atoms with Crippen LogP contribution in [0.1, 0.15) is 27.2 Å². The summed E-state index contributed by atoms with van der Waals surface area (Å²) in [5.41, 5.74) is 0. The van der Waals surface area contributed by atoms with Crippen molar-refractivity contribution >= 4 is 11.9 Å². The molecule has 0 aromatic carbocycles. The van der Waals surface area contributed by atoms with Gasteiger partial charge in [-0.15, -0.1) is 0 Å². The van der Waals surface area contributed by atoms with Crippen molar-refractivity contribution in [1.29, 1.82) is 0 Å². The van der Waals surface area contributed by atoms with Crippen LogP contribution in [0.2, 0.25) is 0 Å². The SMILES string of the molecule is CCNC(=O)CC(C)OC(=O)COCC. The number of nitrogens with one attached hydrogen (secondary N) is 1. The van der Waals surface area contributed by atoms with E-state index in [-0.39, 0.29) is 18.9 Å². The van der Waals surface area contributed by atoms with Crippen molar-refractivity contribution in [2.75, 3.05) is 19.8 Å². The first-order valence-electron chi connectivity index (χ1n) is 5.14. The maximum atomic E-state index is 11.1. The minimum atomic E-state index is -0.436. The van der Waals surface area contributed by atoms with Gasteiger partial charge in [-0.05, 0) is 20.8 Å². The molecule has 88 valence electrons. The van der Waals surface area contributed by atoms with Crippen molar-refractivity contribution in [2.24, 2.45) is 0 Å². The zero-order valence-electron chi connectivity index (χ0n) is 9.54. The Bertz CT molecular complexity index is 206. The van der Waals surface area contributed by atoms with E-state index in [1.165, 1.54) is 0 Å². The first kappa shape index (κ1) is 13.9. The molecule has 0 radical (unpaired) electrons. The lowest BCUT2D eigenvalue weighted by Gasteiger charge is -2.12. The number of hydrogen-bond donors (Lipinski definition) is 1. The lowest BCUT2D eigenvalue weighted by atomic mass is 10.2. The highest BCUT2D eigenvalue weighted by atomic mass is 16.6. The molecule has 1 N–H and O–H groups in total. The van der Waals surface area contributed by atoms with Crippen LogP contribution in [0, 0.1) is 0 Å². The summed E-state index contributed by atoms with van der Waals surface area (Å²) in [5, 5.41) is 2.63. The van der Waals surface area contributed by atoms with Crippen LogP contribution in [0.25, 0.3) is 0 Å². The number of esters is 1. The number of rotatable bonds is 7. The third kappa shape index (κ3) is 7.93. The minimum absolute atomic E-state index is 0.0593. The molecule has 0 fully saturated rings. The molecule has 5 nitrogen and oxygen atoms in total. The molecule has 0 saturated heterocycles. The predicted molar refractivity (Wildman–Crippen MR) is 55.3 cm³/mol. The molecule has 1 atom stereocenters. The largest absolute Gasteiger partial charge is 0.460 e. The summed E-state index contributed by atoms with van der Waals surface area (Å²) < 4.78 is 9.82. The quantitative estimate of drug-likeness (QED) is 0.630. The van der Waals surface area contributed by atoms with Crippen LogP contribution in [-0.4, -0.2) is 37.7 Å². The van der Waals surface area contributed by atoms with Crippen LogP contribution < -0.4 is 5.32 Å². The molecule has 0 bridgehead atoms. The second-order valence-corrected chi connectivity index (χ2v) is 3.10. The van der Waals surface area contributed by atoms with Crippen LogP contribution >= 0.6 is 0 Å². The Balaban J connectivity index is 3.67. The van der Waals surface area contributed by atoms with E-state index in [0.717, 1.165) is 0 Å². The van der Waals surface area contributed by atoms with Gasteiger partial charge in [0, 0.05) is 13.2 Å². The summed E-state index contributed by atoms with van der Waals surface area (Å²) in [6, 6.07) is 0. The maximum Gasteiger partial charge on any atom is 0.332 e. The van der Waals surface area contributed by atoms with Crippen LogP contribution in [0.5, 0.6) is 0 Å². The lowest BCUT2D eigenvalue weighted by molar-refractivity contribution is -0.154. The monoisotopic (exact) mass is 217 g/mol. The summed E-state index contributed by atoms with van der Waals surface area (Å²) >= 11 is 0. The van der Waals surface area contributed by atoms with Gasteiger partial charge in [0.05, 0.1) is 6.42 Å². The summed E-state index contributed by atoms with van der Waals surface area (Å²) in [4.78, 5) is 22.2. The zero-order valence-corrected chi connectivity index (χ0v) is 9.54. The topological polar surface area (TPSA) is 64.6 Å². The van der Waals surface area contributed by atoms with Crippen LogP contribution in [0.4, 0.5) is 0 Å². The van der Waals surface area contributed by atoms with Gasteiger partial charge in [0.15, 0.2) is 0 Å². The molecule has 0 aromatic rings.